The van der Waals surface area contributed by atoms with Crippen LogP contribution in [-0.4, -0.2) is 9.78 Å². The molecule has 0 amide bonds. The van der Waals surface area contributed by atoms with Gasteiger partial charge >= 0.3 is 0 Å². The second-order valence-corrected chi connectivity index (χ2v) is 3.34. The molecule has 0 saturated heterocycles. The minimum atomic E-state index is 0.862. The zero-order valence-electron chi connectivity index (χ0n) is 10.4. The molecule has 0 aliphatic rings. The summed E-state index contributed by atoms with van der Waals surface area (Å²) in [6, 6.07) is 12.5. The molecule has 0 fully saturated rings. The Hall–Kier alpha value is -1.57. The van der Waals surface area contributed by atoms with E-state index in [1.165, 1.54) is 5.56 Å². The molecule has 1 heterocycles. The molecule has 1 aromatic heterocycles. The lowest BCUT2D eigenvalue weighted by atomic mass is 10.2. The van der Waals surface area contributed by atoms with E-state index in [1.807, 2.05) is 30.8 Å². The summed E-state index contributed by atoms with van der Waals surface area (Å²) in [5.41, 5.74) is 2.44. The molecule has 0 N–H and O–H groups in total. The number of benzene rings is 1. The molecule has 0 aliphatic heterocycles. The van der Waals surface area contributed by atoms with E-state index in [2.05, 4.69) is 42.4 Å². The van der Waals surface area contributed by atoms with Gasteiger partial charge in [-0.2, -0.15) is 5.10 Å². The van der Waals surface area contributed by atoms with Crippen LogP contribution < -0.4 is 0 Å². The van der Waals surface area contributed by atoms with E-state index in [1.54, 1.807) is 0 Å². The normalized spacial score (nSPS) is 9.44. The van der Waals surface area contributed by atoms with Crippen LogP contribution in [0, 0.1) is 0 Å². The monoisotopic (exact) mass is 216 g/mol. The molecule has 0 radical (unpaired) electrons. The lowest BCUT2D eigenvalue weighted by Crippen LogP contribution is -2.00. The zero-order chi connectivity index (χ0) is 11.8. The molecule has 0 bridgehead atoms. The summed E-state index contributed by atoms with van der Waals surface area (Å²) < 4.78 is 1.98. The maximum atomic E-state index is 4.44. The summed E-state index contributed by atoms with van der Waals surface area (Å²) in [6.45, 7) is 6.98. The van der Waals surface area contributed by atoms with Crippen LogP contribution in [-0.2, 0) is 13.0 Å². The number of aryl methyl sites for hydroxylation is 1. The molecule has 16 heavy (non-hydrogen) atoms. The highest BCUT2D eigenvalue weighted by Gasteiger charge is 1.96. The Balaban J connectivity index is 0.000000606. The standard InChI is InChI=1S/C12H14N2.C2H6/c1-2-12-8-9-14(13-12)10-11-6-4-3-5-7-11;1-2/h3-9H,2,10H2,1H3;1-2H3. The van der Waals surface area contributed by atoms with Crippen LogP contribution in [0.2, 0.25) is 0 Å². The Labute approximate surface area is 97.9 Å². The lowest BCUT2D eigenvalue weighted by Gasteiger charge is -2.00. The zero-order valence-corrected chi connectivity index (χ0v) is 10.4. The van der Waals surface area contributed by atoms with Gasteiger partial charge in [-0.25, -0.2) is 0 Å². The van der Waals surface area contributed by atoms with Gasteiger partial charge in [0.1, 0.15) is 0 Å². The highest BCUT2D eigenvalue weighted by molar-refractivity contribution is 5.15. The fourth-order valence-electron chi connectivity index (χ4n) is 1.45. The maximum Gasteiger partial charge on any atom is 0.0659 e. The van der Waals surface area contributed by atoms with E-state index in [4.69, 9.17) is 0 Å². The van der Waals surface area contributed by atoms with Crippen LogP contribution in [0.1, 0.15) is 32.0 Å². The van der Waals surface area contributed by atoms with E-state index < -0.39 is 0 Å². The molecule has 1 aromatic carbocycles. The summed E-state index contributed by atoms with van der Waals surface area (Å²) >= 11 is 0. The van der Waals surface area contributed by atoms with Crippen molar-refractivity contribution in [3.8, 4) is 0 Å². The van der Waals surface area contributed by atoms with Crippen molar-refractivity contribution in [3.05, 3.63) is 53.9 Å². The van der Waals surface area contributed by atoms with Gasteiger partial charge in [0.05, 0.1) is 12.2 Å². The average molecular weight is 216 g/mol. The molecular formula is C14H20N2. The Morgan fingerprint density at radius 3 is 2.31 bits per heavy atom. The Kier molecular flexibility index (Phi) is 5.34. The SMILES string of the molecule is CC.CCc1ccn(Cc2ccccc2)n1. The lowest BCUT2D eigenvalue weighted by molar-refractivity contribution is 0.673. The first kappa shape index (κ1) is 12.5. The topological polar surface area (TPSA) is 17.8 Å². The third kappa shape index (κ3) is 3.54. The molecule has 0 saturated carbocycles. The number of rotatable bonds is 3. The van der Waals surface area contributed by atoms with Gasteiger partial charge in [0.2, 0.25) is 0 Å². The first-order valence-electron chi connectivity index (χ1n) is 5.94. The Morgan fingerprint density at radius 2 is 1.75 bits per heavy atom. The molecule has 2 aromatic rings. The molecule has 2 heteroatoms. The van der Waals surface area contributed by atoms with Crippen molar-refractivity contribution in [3.63, 3.8) is 0 Å². The minimum absolute atomic E-state index is 0.862. The largest absolute Gasteiger partial charge is 0.268 e. The highest BCUT2D eigenvalue weighted by Crippen LogP contribution is 2.03. The van der Waals surface area contributed by atoms with Crippen molar-refractivity contribution in [1.29, 1.82) is 0 Å². The van der Waals surface area contributed by atoms with Crippen molar-refractivity contribution >= 4 is 0 Å². The van der Waals surface area contributed by atoms with Crippen LogP contribution in [0.4, 0.5) is 0 Å². The van der Waals surface area contributed by atoms with Crippen LogP contribution in [0.15, 0.2) is 42.6 Å². The minimum Gasteiger partial charge on any atom is -0.268 e. The van der Waals surface area contributed by atoms with Crippen molar-refractivity contribution in [2.24, 2.45) is 0 Å². The van der Waals surface area contributed by atoms with E-state index in [0.717, 1.165) is 18.7 Å². The molecule has 0 spiro atoms. The van der Waals surface area contributed by atoms with Gasteiger partial charge in [0.25, 0.3) is 0 Å². The van der Waals surface area contributed by atoms with Gasteiger partial charge in [-0.3, -0.25) is 4.68 Å². The summed E-state index contributed by atoms with van der Waals surface area (Å²) in [4.78, 5) is 0. The van der Waals surface area contributed by atoms with Crippen molar-refractivity contribution in [2.45, 2.75) is 33.7 Å². The predicted octanol–water partition coefficient (Wildman–Crippen LogP) is 3.52. The third-order valence-corrected chi connectivity index (χ3v) is 2.25. The molecular weight excluding hydrogens is 196 g/mol. The molecule has 86 valence electrons. The van der Waals surface area contributed by atoms with E-state index in [-0.39, 0.29) is 0 Å². The maximum absolute atomic E-state index is 4.44. The Morgan fingerprint density at radius 1 is 1.06 bits per heavy atom. The van der Waals surface area contributed by atoms with Gasteiger partial charge in [0, 0.05) is 6.20 Å². The van der Waals surface area contributed by atoms with E-state index in [9.17, 15) is 0 Å². The molecule has 0 atom stereocenters. The summed E-state index contributed by atoms with van der Waals surface area (Å²) in [5, 5.41) is 4.44. The van der Waals surface area contributed by atoms with Crippen LogP contribution in [0.3, 0.4) is 0 Å². The fourth-order valence-corrected chi connectivity index (χ4v) is 1.45. The number of nitrogens with zero attached hydrogens (tertiary/aromatic N) is 2. The first-order chi connectivity index (χ1) is 7.88. The van der Waals surface area contributed by atoms with E-state index in [0.29, 0.717) is 0 Å². The van der Waals surface area contributed by atoms with Crippen LogP contribution in [0.5, 0.6) is 0 Å². The van der Waals surface area contributed by atoms with Gasteiger partial charge in [-0.05, 0) is 18.1 Å². The molecule has 0 unspecified atom stereocenters. The Bertz CT molecular complexity index is 390. The number of hydrogen-bond acceptors (Lipinski definition) is 1. The van der Waals surface area contributed by atoms with E-state index >= 15 is 0 Å². The van der Waals surface area contributed by atoms with Gasteiger partial charge in [-0.1, -0.05) is 51.1 Å². The average Bonchev–Trinajstić information content (AvgIpc) is 2.81. The van der Waals surface area contributed by atoms with Crippen molar-refractivity contribution in [1.82, 2.24) is 9.78 Å². The van der Waals surface area contributed by atoms with Crippen molar-refractivity contribution in [2.75, 3.05) is 0 Å². The predicted molar refractivity (Wildman–Crippen MR) is 68.5 cm³/mol. The second kappa shape index (κ2) is 6.83. The van der Waals surface area contributed by atoms with Crippen LogP contribution in [0.25, 0.3) is 0 Å². The number of hydrogen-bond donors (Lipinski definition) is 0. The fraction of sp³-hybridized carbons (Fsp3) is 0.357. The number of aromatic nitrogens is 2. The molecule has 2 rings (SSSR count). The van der Waals surface area contributed by atoms with Gasteiger partial charge < -0.3 is 0 Å². The second-order valence-electron chi connectivity index (χ2n) is 3.34. The van der Waals surface area contributed by atoms with Gasteiger partial charge in [-0.15, -0.1) is 0 Å². The smallest absolute Gasteiger partial charge is 0.0659 e. The summed E-state index contributed by atoms with van der Waals surface area (Å²) in [7, 11) is 0. The summed E-state index contributed by atoms with van der Waals surface area (Å²) in [6.07, 6.45) is 3.04. The van der Waals surface area contributed by atoms with Crippen LogP contribution >= 0.6 is 0 Å². The molecule has 2 nitrogen and oxygen atoms in total. The highest BCUT2D eigenvalue weighted by atomic mass is 15.3. The molecule has 0 aliphatic carbocycles. The van der Waals surface area contributed by atoms with Crippen molar-refractivity contribution < 1.29 is 0 Å². The third-order valence-electron chi connectivity index (χ3n) is 2.25. The van der Waals surface area contributed by atoms with Gasteiger partial charge in [0.15, 0.2) is 0 Å². The quantitative estimate of drug-likeness (QED) is 0.767. The first-order valence-corrected chi connectivity index (χ1v) is 5.94. The summed E-state index contributed by atoms with van der Waals surface area (Å²) in [5.74, 6) is 0.